The maximum atomic E-state index is 12.9. The van der Waals surface area contributed by atoms with Crippen LogP contribution in [0.15, 0.2) is 54.6 Å². The van der Waals surface area contributed by atoms with E-state index < -0.39 is 0 Å². The van der Waals surface area contributed by atoms with E-state index in [2.05, 4.69) is 5.32 Å². The van der Waals surface area contributed by atoms with E-state index >= 15 is 0 Å². The summed E-state index contributed by atoms with van der Waals surface area (Å²) in [7, 11) is 1.60. The Kier molecular flexibility index (Phi) is 5.31. The van der Waals surface area contributed by atoms with Crippen LogP contribution in [0.5, 0.6) is 5.75 Å². The van der Waals surface area contributed by atoms with Crippen molar-refractivity contribution >= 4 is 12.0 Å². The summed E-state index contributed by atoms with van der Waals surface area (Å²) in [4.78, 5) is 11.9. The number of halogens is 1. The van der Waals surface area contributed by atoms with Crippen LogP contribution in [0.2, 0.25) is 0 Å². The summed E-state index contributed by atoms with van der Waals surface area (Å²) in [6.45, 7) is 1.85. The Morgan fingerprint density at radius 2 is 1.95 bits per heavy atom. The van der Waals surface area contributed by atoms with Crippen LogP contribution < -0.4 is 10.1 Å². The number of hydrogen-bond donors (Lipinski definition) is 1. The zero-order chi connectivity index (χ0) is 15.9. The predicted molar refractivity (Wildman–Crippen MR) is 85.0 cm³/mol. The summed E-state index contributed by atoms with van der Waals surface area (Å²) in [6.07, 6.45) is 3.18. The second-order valence-electron chi connectivity index (χ2n) is 4.89. The van der Waals surface area contributed by atoms with Crippen LogP contribution >= 0.6 is 0 Å². The number of carbonyl (C=O) groups is 1. The molecule has 0 heterocycles. The molecule has 0 aromatic heterocycles. The van der Waals surface area contributed by atoms with Gasteiger partial charge in [0.05, 0.1) is 13.2 Å². The monoisotopic (exact) mass is 299 g/mol. The Bertz CT molecular complexity index is 665. The van der Waals surface area contributed by atoms with E-state index in [1.54, 1.807) is 25.3 Å². The molecule has 0 bridgehead atoms. The van der Waals surface area contributed by atoms with Crippen molar-refractivity contribution in [1.82, 2.24) is 5.32 Å². The zero-order valence-electron chi connectivity index (χ0n) is 12.5. The average molecular weight is 299 g/mol. The van der Waals surface area contributed by atoms with E-state index in [-0.39, 0.29) is 17.8 Å². The molecule has 0 fully saturated rings. The highest BCUT2D eigenvalue weighted by Crippen LogP contribution is 2.15. The third kappa shape index (κ3) is 4.45. The van der Waals surface area contributed by atoms with Crippen molar-refractivity contribution < 1.29 is 13.9 Å². The Morgan fingerprint density at radius 1 is 1.23 bits per heavy atom. The van der Waals surface area contributed by atoms with Crippen molar-refractivity contribution in [2.75, 3.05) is 7.11 Å². The molecule has 1 atom stereocenters. The summed E-state index contributed by atoms with van der Waals surface area (Å²) >= 11 is 0. The number of methoxy groups -OCH3 is 1. The van der Waals surface area contributed by atoms with Crippen molar-refractivity contribution in [3.63, 3.8) is 0 Å². The van der Waals surface area contributed by atoms with Gasteiger partial charge in [0.15, 0.2) is 0 Å². The quantitative estimate of drug-likeness (QED) is 0.854. The lowest BCUT2D eigenvalue weighted by molar-refractivity contribution is -0.117. The summed E-state index contributed by atoms with van der Waals surface area (Å²) in [5.41, 5.74) is 1.73. The molecule has 3 nitrogen and oxygen atoms in total. The van der Waals surface area contributed by atoms with Gasteiger partial charge < -0.3 is 10.1 Å². The lowest BCUT2D eigenvalue weighted by atomic mass is 10.1. The highest BCUT2D eigenvalue weighted by Gasteiger charge is 2.07. The normalized spacial score (nSPS) is 12.1. The van der Waals surface area contributed by atoms with E-state index in [1.165, 1.54) is 18.2 Å². The first-order chi connectivity index (χ1) is 10.6. The third-order valence-electron chi connectivity index (χ3n) is 3.25. The standard InChI is InChI=1S/C18H18FNO2/c1-13(15-7-9-16(19)10-8-15)20-18(21)11-6-14-4-3-5-17(12-14)22-2/h3-13H,1-2H3,(H,20,21)/b11-6+/t13-/m1/s1. The molecule has 2 rings (SSSR count). The number of carbonyl (C=O) groups excluding carboxylic acids is 1. The molecule has 1 amide bonds. The largest absolute Gasteiger partial charge is 0.497 e. The fourth-order valence-electron chi connectivity index (χ4n) is 2.01. The van der Waals surface area contributed by atoms with Crippen LogP contribution in [-0.2, 0) is 4.79 Å². The molecule has 0 radical (unpaired) electrons. The van der Waals surface area contributed by atoms with Crippen molar-refractivity contribution in [3.8, 4) is 5.75 Å². The highest BCUT2D eigenvalue weighted by molar-refractivity contribution is 5.92. The smallest absolute Gasteiger partial charge is 0.244 e. The van der Waals surface area contributed by atoms with Gasteiger partial charge in [0, 0.05) is 6.08 Å². The topological polar surface area (TPSA) is 38.3 Å². The van der Waals surface area contributed by atoms with Crippen LogP contribution in [0, 0.1) is 5.82 Å². The minimum Gasteiger partial charge on any atom is -0.497 e. The number of nitrogens with one attached hydrogen (secondary N) is 1. The minimum absolute atomic E-state index is 0.192. The molecule has 0 spiro atoms. The Morgan fingerprint density at radius 3 is 2.64 bits per heavy atom. The molecule has 0 saturated heterocycles. The molecule has 22 heavy (non-hydrogen) atoms. The van der Waals surface area contributed by atoms with Gasteiger partial charge in [-0.2, -0.15) is 0 Å². The third-order valence-corrected chi connectivity index (χ3v) is 3.25. The minimum atomic E-state index is -0.291. The van der Waals surface area contributed by atoms with Gasteiger partial charge in [-0.1, -0.05) is 24.3 Å². The van der Waals surface area contributed by atoms with Crippen LogP contribution in [0.4, 0.5) is 4.39 Å². The van der Waals surface area contributed by atoms with E-state index in [4.69, 9.17) is 4.74 Å². The van der Waals surface area contributed by atoms with E-state index in [9.17, 15) is 9.18 Å². The molecule has 2 aromatic rings. The van der Waals surface area contributed by atoms with Crippen molar-refractivity contribution in [3.05, 3.63) is 71.6 Å². The number of ether oxygens (including phenoxy) is 1. The van der Waals surface area contributed by atoms with Crippen molar-refractivity contribution in [2.45, 2.75) is 13.0 Å². The van der Waals surface area contributed by atoms with E-state index in [0.29, 0.717) is 0 Å². The maximum absolute atomic E-state index is 12.9. The van der Waals surface area contributed by atoms with Crippen LogP contribution in [0.25, 0.3) is 6.08 Å². The molecule has 1 N–H and O–H groups in total. The summed E-state index contributed by atoms with van der Waals surface area (Å²) in [5.74, 6) is 0.238. The lowest BCUT2D eigenvalue weighted by Gasteiger charge is -2.12. The Labute approximate surface area is 129 Å². The Balaban J connectivity index is 1.96. The summed E-state index contributed by atoms with van der Waals surface area (Å²) in [6, 6.07) is 13.3. The van der Waals surface area contributed by atoms with E-state index in [0.717, 1.165) is 16.9 Å². The molecular weight excluding hydrogens is 281 g/mol. The fraction of sp³-hybridized carbons (Fsp3) is 0.167. The molecule has 114 valence electrons. The SMILES string of the molecule is COc1cccc(/C=C/C(=O)N[C@H](C)c2ccc(F)cc2)c1. The van der Waals surface area contributed by atoms with Gasteiger partial charge in [-0.25, -0.2) is 4.39 Å². The van der Waals surface area contributed by atoms with Crippen molar-refractivity contribution in [1.29, 1.82) is 0 Å². The highest BCUT2D eigenvalue weighted by atomic mass is 19.1. The fourth-order valence-corrected chi connectivity index (χ4v) is 2.01. The lowest BCUT2D eigenvalue weighted by Crippen LogP contribution is -2.24. The molecular formula is C18H18FNO2. The summed E-state index contributed by atoms with van der Waals surface area (Å²) in [5, 5.41) is 2.84. The Hall–Kier alpha value is -2.62. The van der Waals surface area contributed by atoms with Crippen molar-refractivity contribution in [2.24, 2.45) is 0 Å². The number of benzene rings is 2. The molecule has 0 saturated carbocycles. The van der Waals surface area contributed by atoms with Gasteiger partial charge in [-0.05, 0) is 48.4 Å². The number of rotatable bonds is 5. The average Bonchev–Trinajstić information content (AvgIpc) is 2.53. The van der Waals surface area contributed by atoms with Gasteiger partial charge in [0.2, 0.25) is 5.91 Å². The van der Waals surface area contributed by atoms with Crippen LogP contribution in [-0.4, -0.2) is 13.0 Å². The first kappa shape index (κ1) is 15.8. The first-order valence-corrected chi connectivity index (χ1v) is 6.96. The molecule has 0 aliphatic rings. The van der Waals surface area contributed by atoms with Gasteiger partial charge >= 0.3 is 0 Å². The molecule has 0 aliphatic carbocycles. The number of amides is 1. The first-order valence-electron chi connectivity index (χ1n) is 6.96. The van der Waals surface area contributed by atoms with Gasteiger partial charge in [-0.15, -0.1) is 0 Å². The van der Waals surface area contributed by atoms with Gasteiger partial charge in [0.25, 0.3) is 0 Å². The maximum Gasteiger partial charge on any atom is 0.244 e. The molecule has 4 heteroatoms. The number of hydrogen-bond acceptors (Lipinski definition) is 2. The van der Waals surface area contributed by atoms with Crippen LogP contribution in [0.3, 0.4) is 0 Å². The van der Waals surface area contributed by atoms with Gasteiger partial charge in [-0.3, -0.25) is 4.79 Å². The summed E-state index contributed by atoms with van der Waals surface area (Å²) < 4.78 is 18.0. The van der Waals surface area contributed by atoms with E-state index in [1.807, 2.05) is 31.2 Å². The van der Waals surface area contributed by atoms with Crippen LogP contribution in [0.1, 0.15) is 24.1 Å². The second-order valence-corrected chi connectivity index (χ2v) is 4.89. The predicted octanol–water partition coefficient (Wildman–Crippen LogP) is 3.72. The molecule has 0 unspecified atom stereocenters. The molecule has 0 aliphatic heterocycles. The second kappa shape index (κ2) is 7.41. The van der Waals surface area contributed by atoms with Gasteiger partial charge in [0.1, 0.15) is 11.6 Å². The molecule has 2 aromatic carbocycles. The zero-order valence-corrected chi connectivity index (χ0v) is 12.5.